The Hall–Kier alpha value is -3.72. The van der Waals surface area contributed by atoms with Crippen molar-refractivity contribution < 1.29 is 23.8 Å². The van der Waals surface area contributed by atoms with E-state index in [2.05, 4.69) is 35.4 Å². The summed E-state index contributed by atoms with van der Waals surface area (Å²) in [5.74, 6) is -0.581. The molecule has 4 rings (SSSR count). The lowest BCUT2D eigenvalue weighted by Gasteiger charge is -2.33. The number of rotatable bonds is 24. The van der Waals surface area contributed by atoms with Crippen LogP contribution in [0.1, 0.15) is 141 Å². The zero-order chi connectivity index (χ0) is 38.0. The van der Waals surface area contributed by atoms with Gasteiger partial charge in [-0.25, -0.2) is 14.6 Å². The molecule has 3 aromatic rings. The first-order valence-electron chi connectivity index (χ1n) is 20.2. The summed E-state index contributed by atoms with van der Waals surface area (Å²) in [5.41, 5.74) is 7.03. The number of nitrogens with zero attached hydrogens (tertiary/aromatic N) is 1. The van der Waals surface area contributed by atoms with Gasteiger partial charge in [-0.3, -0.25) is 0 Å². The Morgan fingerprint density at radius 1 is 0.755 bits per heavy atom. The van der Waals surface area contributed by atoms with Crippen molar-refractivity contribution in [3.8, 4) is 5.75 Å². The third-order valence-corrected chi connectivity index (χ3v) is 10.8. The molecule has 0 aliphatic carbocycles. The summed E-state index contributed by atoms with van der Waals surface area (Å²) in [6, 6.07) is 12.2. The van der Waals surface area contributed by atoms with Crippen LogP contribution in [0.15, 0.2) is 64.1 Å². The van der Waals surface area contributed by atoms with E-state index in [1.807, 2.05) is 39.0 Å². The monoisotopic (exact) mass is 745 g/mol. The van der Waals surface area contributed by atoms with Gasteiger partial charge in [0.1, 0.15) is 5.75 Å². The van der Waals surface area contributed by atoms with Crippen molar-refractivity contribution >= 4 is 34.7 Å². The lowest BCUT2D eigenvalue weighted by molar-refractivity contribution is -0.139. The molecule has 0 fully saturated rings. The second-order valence-electron chi connectivity index (χ2n) is 14.0. The van der Waals surface area contributed by atoms with E-state index in [0.29, 0.717) is 40.6 Å². The normalized spacial score (nSPS) is 14.5. The first-order valence-corrected chi connectivity index (χ1v) is 21.2. The molecule has 1 aliphatic heterocycles. The minimum atomic E-state index is -0.733. The van der Waals surface area contributed by atoms with Gasteiger partial charge in [-0.2, -0.15) is 0 Å². The summed E-state index contributed by atoms with van der Waals surface area (Å²) in [6.45, 7) is 12.6. The summed E-state index contributed by atoms with van der Waals surface area (Å²) >= 11 is 1.50. The molecule has 1 aromatic heterocycles. The topological polar surface area (TPSA) is 103 Å². The number of unbranched alkanes of at least 4 members (excludes halogenated alkanes) is 12. The van der Waals surface area contributed by atoms with Crippen molar-refractivity contribution in [1.29, 1.82) is 0 Å². The van der Waals surface area contributed by atoms with Crippen molar-refractivity contribution in [3.63, 3.8) is 0 Å². The second-order valence-corrected chi connectivity index (χ2v) is 15.0. The van der Waals surface area contributed by atoms with E-state index in [4.69, 9.17) is 19.2 Å². The highest BCUT2D eigenvalue weighted by atomic mass is 32.2. The molecule has 290 valence electrons. The van der Waals surface area contributed by atoms with Crippen molar-refractivity contribution in [3.05, 3.63) is 75.6 Å². The largest absolute Gasteiger partial charge is 0.494 e. The molecule has 1 atom stereocenters. The maximum Gasteiger partial charge on any atom is 0.336 e. The number of esters is 2. The fraction of sp³-hybridized carbons (Fsp3) is 0.568. The molecule has 0 saturated heterocycles. The molecule has 8 nitrogen and oxygen atoms in total. The van der Waals surface area contributed by atoms with Crippen LogP contribution >= 0.6 is 11.8 Å². The number of allylic oxidation sites excluding steroid dienone is 1. The summed E-state index contributed by atoms with van der Waals surface area (Å²) in [5, 5.41) is 4.17. The Kier molecular flexibility index (Phi) is 17.8. The molecule has 1 aliphatic rings. The van der Waals surface area contributed by atoms with E-state index < -0.39 is 17.9 Å². The van der Waals surface area contributed by atoms with E-state index in [-0.39, 0.29) is 13.2 Å². The molecule has 0 spiro atoms. The number of hydrogen-bond donors (Lipinski definition) is 2. The summed E-state index contributed by atoms with van der Waals surface area (Å²) in [7, 11) is 0. The van der Waals surface area contributed by atoms with Gasteiger partial charge in [0.15, 0.2) is 5.16 Å². The van der Waals surface area contributed by atoms with Crippen molar-refractivity contribution in [2.75, 3.05) is 25.6 Å². The number of hydrogen-bond acceptors (Lipinski definition) is 8. The predicted molar refractivity (Wildman–Crippen MR) is 217 cm³/mol. The lowest BCUT2D eigenvalue weighted by Crippen LogP contribution is -2.34. The molecule has 0 amide bonds. The van der Waals surface area contributed by atoms with Crippen LogP contribution in [0.3, 0.4) is 0 Å². The number of carbonyl (C=O) groups is 2. The molecule has 9 heteroatoms. The number of nitrogens with one attached hydrogen (secondary N) is 2. The number of H-pyrrole nitrogens is 1. The minimum Gasteiger partial charge on any atom is -0.494 e. The highest BCUT2D eigenvalue weighted by Gasteiger charge is 2.41. The standard InChI is InChI=1S/C44H63N3O5S/c1-7-11-12-13-14-15-16-17-18-19-20-21-22-24-33-25-23-26-37(50-8-2)39(33)41-38(42(48)51-9-3)32(6)45-36(40(41)43(49)52-10-4)30-53-44-46-34-28-27-31(5)29-35(34)47-44/h23,25-29,41,45H,7-22,24,30H2,1-6H3,(H,46,47). The number of aromatic amines is 1. The minimum absolute atomic E-state index is 0.203. The zero-order valence-corrected chi connectivity index (χ0v) is 34.0. The number of aryl methyl sites for hydroxylation is 2. The molecule has 0 saturated carbocycles. The molecule has 0 radical (unpaired) electrons. The molecule has 2 N–H and O–H groups in total. The van der Waals surface area contributed by atoms with E-state index in [1.54, 1.807) is 13.8 Å². The fourth-order valence-corrected chi connectivity index (χ4v) is 8.13. The lowest BCUT2D eigenvalue weighted by atomic mass is 9.77. The van der Waals surface area contributed by atoms with Gasteiger partial charge in [0, 0.05) is 22.7 Å². The predicted octanol–water partition coefficient (Wildman–Crippen LogP) is 11.0. The van der Waals surface area contributed by atoms with Crippen LogP contribution in [0, 0.1) is 6.92 Å². The maximum atomic E-state index is 14.1. The average molecular weight is 746 g/mol. The van der Waals surface area contributed by atoms with Gasteiger partial charge in [0.2, 0.25) is 0 Å². The van der Waals surface area contributed by atoms with Crippen molar-refractivity contribution in [1.82, 2.24) is 15.3 Å². The Bertz CT molecular complexity index is 1690. The fourth-order valence-electron chi connectivity index (χ4n) is 7.28. The number of imidazole rings is 1. The van der Waals surface area contributed by atoms with Crippen LogP contribution in [0.2, 0.25) is 0 Å². The molecular formula is C44H63N3O5S. The van der Waals surface area contributed by atoms with Gasteiger partial charge >= 0.3 is 11.9 Å². The Labute approximate surface area is 322 Å². The number of benzene rings is 2. The summed E-state index contributed by atoms with van der Waals surface area (Å²) < 4.78 is 17.7. The van der Waals surface area contributed by atoms with E-state index in [1.165, 1.54) is 82.4 Å². The highest BCUT2D eigenvalue weighted by Crippen LogP contribution is 2.45. The molecule has 2 aromatic carbocycles. The van der Waals surface area contributed by atoms with E-state index in [0.717, 1.165) is 52.1 Å². The Morgan fingerprint density at radius 3 is 2.00 bits per heavy atom. The molecular weight excluding hydrogens is 683 g/mol. The second kappa shape index (κ2) is 22.5. The average Bonchev–Trinajstić information content (AvgIpc) is 3.54. The SMILES string of the molecule is CCCCCCCCCCCCCCCc1cccc(OCC)c1C1C(C(=O)OCC)=C(C)NC(CSc2nc3cc(C)ccc3[nH]2)=C1C(=O)OCC. The van der Waals surface area contributed by atoms with Crippen LogP contribution in [-0.4, -0.2) is 47.5 Å². The smallest absolute Gasteiger partial charge is 0.336 e. The third kappa shape index (κ3) is 12.1. The van der Waals surface area contributed by atoms with Crippen LogP contribution in [0.25, 0.3) is 11.0 Å². The molecule has 1 unspecified atom stereocenters. The van der Waals surface area contributed by atoms with Crippen LogP contribution in [0.5, 0.6) is 5.75 Å². The van der Waals surface area contributed by atoms with E-state index >= 15 is 0 Å². The molecule has 2 heterocycles. The number of ether oxygens (including phenoxy) is 3. The number of dihydropyridines is 1. The van der Waals surface area contributed by atoms with Gasteiger partial charge in [0.25, 0.3) is 0 Å². The third-order valence-electron chi connectivity index (χ3n) is 9.90. The highest BCUT2D eigenvalue weighted by molar-refractivity contribution is 7.99. The van der Waals surface area contributed by atoms with Crippen LogP contribution in [0.4, 0.5) is 0 Å². The maximum absolute atomic E-state index is 14.1. The van der Waals surface area contributed by atoms with Gasteiger partial charge in [0.05, 0.1) is 47.9 Å². The van der Waals surface area contributed by atoms with Gasteiger partial charge < -0.3 is 24.5 Å². The zero-order valence-electron chi connectivity index (χ0n) is 33.2. The quantitative estimate of drug-likeness (QED) is 0.0531. The van der Waals surface area contributed by atoms with Crippen molar-refractivity contribution in [2.24, 2.45) is 0 Å². The Balaban J connectivity index is 1.60. The number of carbonyl (C=O) groups excluding carboxylic acids is 2. The first kappa shape index (κ1) is 42.0. The van der Waals surface area contributed by atoms with Gasteiger partial charge in [-0.1, -0.05) is 114 Å². The summed E-state index contributed by atoms with van der Waals surface area (Å²) in [6.07, 6.45) is 17.6. The Morgan fingerprint density at radius 2 is 1.38 bits per heavy atom. The van der Waals surface area contributed by atoms with Gasteiger partial charge in [-0.05, 0) is 76.8 Å². The number of fused-ring (bicyclic) bond motifs is 1. The van der Waals surface area contributed by atoms with Crippen LogP contribution < -0.4 is 10.1 Å². The first-order chi connectivity index (χ1) is 25.8. The van der Waals surface area contributed by atoms with E-state index in [9.17, 15) is 9.59 Å². The number of thioether (sulfide) groups is 1. The summed E-state index contributed by atoms with van der Waals surface area (Å²) in [4.78, 5) is 36.2. The molecule has 0 bridgehead atoms. The van der Waals surface area contributed by atoms with Gasteiger partial charge in [-0.15, -0.1) is 0 Å². The van der Waals surface area contributed by atoms with Crippen LogP contribution in [-0.2, 0) is 25.5 Å². The van der Waals surface area contributed by atoms with Crippen molar-refractivity contribution in [2.45, 2.75) is 143 Å². The molecule has 53 heavy (non-hydrogen) atoms. The number of aromatic nitrogens is 2.